The fourth-order valence-electron chi connectivity index (χ4n) is 6.02. The van der Waals surface area contributed by atoms with E-state index in [-0.39, 0.29) is 23.3 Å². The molecule has 0 fully saturated rings. The molecule has 1 atom stereocenters. The van der Waals surface area contributed by atoms with Crippen LogP contribution < -0.4 is 19.7 Å². The molecule has 12 heteroatoms. The molecule has 4 aromatic rings. The Labute approximate surface area is 250 Å². The van der Waals surface area contributed by atoms with Crippen LogP contribution in [0.15, 0.2) is 54.6 Å². The van der Waals surface area contributed by atoms with E-state index in [4.69, 9.17) is 21.3 Å². The van der Waals surface area contributed by atoms with Crippen LogP contribution in [-0.2, 0) is 10.3 Å². The Morgan fingerprint density at radius 3 is 2.44 bits per heavy atom. The van der Waals surface area contributed by atoms with Crippen LogP contribution in [0.2, 0.25) is 5.02 Å². The number of benzene rings is 3. The summed E-state index contributed by atoms with van der Waals surface area (Å²) in [6.07, 6.45) is -4.90. The second-order valence-electron chi connectivity index (χ2n) is 10.8. The van der Waals surface area contributed by atoms with Crippen LogP contribution in [0.3, 0.4) is 0 Å². The van der Waals surface area contributed by atoms with Crippen molar-refractivity contribution in [1.29, 1.82) is 0 Å². The maximum absolute atomic E-state index is 14.5. The third-order valence-electron chi connectivity index (χ3n) is 7.71. The zero-order chi connectivity index (χ0) is 31.0. The summed E-state index contributed by atoms with van der Waals surface area (Å²) in [5.74, 6) is -1.16. The van der Waals surface area contributed by atoms with Gasteiger partial charge in [0.1, 0.15) is 17.3 Å². The van der Waals surface area contributed by atoms with Crippen molar-refractivity contribution in [2.24, 2.45) is 0 Å². The molecule has 1 N–H and O–H groups in total. The Kier molecular flexibility index (Phi) is 6.50. The average molecular weight is 611 g/mol. The second-order valence-corrected chi connectivity index (χ2v) is 11.2. The first-order chi connectivity index (χ1) is 20.3. The molecule has 0 saturated heterocycles. The van der Waals surface area contributed by atoms with Gasteiger partial charge in [0, 0.05) is 28.4 Å². The Balaban J connectivity index is 1.67. The van der Waals surface area contributed by atoms with Gasteiger partial charge in [0.25, 0.3) is 11.8 Å². The van der Waals surface area contributed by atoms with Crippen LogP contribution in [0.1, 0.15) is 52.8 Å². The zero-order valence-electron chi connectivity index (χ0n) is 23.8. The van der Waals surface area contributed by atoms with Gasteiger partial charge in [0.05, 0.1) is 24.1 Å². The largest absolute Gasteiger partial charge is 0.573 e. The van der Waals surface area contributed by atoms with E-state index in [0.717, 1.165) is 17.7 Å². The molecule has 222 valence electrons. The van der Waals surface area contributed by atoms with Crippen LogP contribution in [0.4, 0.5) is 24.5 Å². The minimum absolute atomic E-state index is 0.0318. The number of carbonyl (C=O) groups is 2. The second kappa shape index (κ2) is 9.77. The van der Waals surface area contributed by atoms with Crippen LogP contribution in [0.25, 0.3) is 11.4 Å². The Hall–Kier alpha value is -4.51. The highest BCUT2D eigenvalue weighted by molar-refractivity contribution is 6.31. The molecule has 3 heterocycles. The third kappa shape index (κ3) is 4.24. The van der Waals surface area contributed by atoms with Gasteiger partial charge in [-0.25, -0.2) is 4.98 Å². The molecule has 2 amide bonds. The number of hydrogen-bond donors (Lipinski definition) is 1. The van der Waals surface area contributed by atoms with Gasteiger partial charge in [-0.05, 0) is 69.2 Å². The molecule has 2 aliphatic heterocycles. The van der Waals surface area contributed by atoms with Crippen molar-refractivity contribution in [2.45, 2.75) is 45.6 Å². The summed E-state index contributed by atoms with van der Waals surface area (Å²) in [6.45, 7) is 7.46. The van der Waals surface area contributed by atoms with Gasteiger partial charge < -0.3 is 19.4 Å². The summed E-state index contributed by atoms with van der Waals surface area (Å²) in [5, 5.41) is 3.36. The topological polar surface area (TPSA) is 85.7 Å². The lowest BCUT2D eigenvalue weighted by Gasteiger charge is -2.36. The number of ether oxygens (including phenoxy) is 2. The minimum atomic E-state index is -4.90. The number of halogens is 4. The van der Waals surface area contributed by atoms with Crippen molar-refractivity contribution in [3.8, 4) is 22.9 Å². The summed E-state index contributed by atoms with van der Waals surface area (Å²) < 4.78 is 50.1. The van der Waals surface area contributed by atoms with Crippen molar-refractivity contribution in [3.05, 3.63) is 87.7 Å². The Morgan fingerprint density at radius 2 is 1.77 bits per heavy atom. The normalized spacial score (nSPS) is 17.5. The fourth-order valence-corrected chi connectivity index (χ4v) is 6.19. The predicted octanol–water partition coefficient (Wildman–Crippen LogP) is 7.16. The van der Waals surface area contributed by atoms with Crippen molar-refractivity contribution in [2.75, 3.05) is 17.3 Å². The van der Waals surface area contributed by atoms with Crippen molar-refractivity contribution in [3.63, 3.8) is 0 Å². The molecule has 1 aromatic heterocycles. The Bertz CT molecular complexity index is 1830. The van der Waals surface area contributed by atoms with Gasteiger partial charge in [0.2, 0.25) is 0 Å². The molecule has 1 unspecified atom stereocenters. The number of anilines is 2. The number of alkyl halides is 3. The van der Waals surface area contributed by atoms with E-state index in [9.17, 15) is 22.8 Å². The van der Waals surface area contributed by atoms with Crippen molar-refractivity contribution < 1.29 is 32.2 Å². The first kappa shape index (κ1) is 28.6. The summed E-state index contributed by atoms with van der Waals surface area (Å²) in [6, 6.07) is 13.9. The summed E-state index contributed by atoms with van der Waals surface area (Å²) >= 11 is 6.40. The number of rotatable bonds is 5. The number of aromatic nitrogens is 2. The van der Waals surface area contributed by atoms with Gasteiger partial charge in [-0.15, -0.1) is 13.2 Å². The lowest BCUT2D eigenvalue weighted by Crippen LogP contribution is -2.51. The molecule has 0 bridgehead atoms. The van der Waals surface area contributed by atoms with E-state index < -0.39 is 29.5 Å². The number of amides is 2. The highest BCUT2D eigenvalue weighted by Gasteiger charge is 2.64. The van der Waals surface area contributed by atoms with Crippen LogP contribution in [0, 0.1) is 13.8 Å². The fraction of sp³-hybridized carbons (Fsp3) is 0.258. The quantitative estimate of drug-likeness (QED) is 0.259. The van der Waals surface area contributed by atoms with Gasteiger partial charge in [0.15, 0.2) is 11.2 Å². The number of imidazole rings is 1. The SMILES string of the molecule is COc1cc(OC(F)(F)F)ccc1-c1nc2c(n1C(C)C)C1(C(=O)Nc3cc(C)ccc31)N(c1cc(Cl)ccc1C)C2=O. The first-order valence-electron chi connectivity index (χ1n) is 13.4. The maximum atomic E-state index is 14.5. The van der Waals surface area contributed by atoms with E-state index in [1.54, 1.807) is 22.8 Å². The molecule has 8 nitrogen and oxygen atoms in total. The van der Waals surface area contributed by atoms with E-state index in [1.807, 2.05) is 45.9 Å². The predicted molar refractivity (Wildman–Crippen MR) is 155 cm³/mol. The van der Waals surface area contributed by atoms with Gasteiger partial charge >= 0.3 is 6.36 Å². The molecule has 3 aromatic carbocycles. The van der Waals surface area contributed by atoms with Gasteiger partial charge in [-0.1, -0.05) is 29.8 Å². The van der Waals surface area contributed by atoms with Crippen LogP contribution in [-0.4, -0.2) is 34.8 Å². The summed E-state index contributed by atoms with van der Waals surface area (Å²) in [4.78, 5) is 35.0. The van der Waals surface area contributed by atoms with Gasteiger partial charge in [-0.3, -0.25) is 14.5 Å². The Morgan fingerprint density at radius 1 is 1.02 bits per heavy atom. The number of nitrogens with zero attached hydrogens (tertiary/aromatic N) is 3. The lowest BCUT2D eigenvalue weighted by atomic mass is 9.86. The highest BCUT2D eigenvalue weighted by Crippen LogP contribution is 2.55. The maximum Gasteiger partial charge on any atom is 0.573 e. The van der Waals surface area contributed by atoms with Crippen LogP contribution in [0.5, 0.6) is 11.5 Å². The van der Waals surface area contributed by atoms with Gasteiger partial charge in [-0.2, -0.15) is 0 Å². The number of aryl methyl sites for hydroxylation is 2. The molecule has 2 aliphatic rings. The third-order valence-corrected chi connectivity index (χ3v) is 7.95. The zero-order valence-corrected chi connectivity index (χ0v) is 24.5. The lowest BCUT2D eigenvalue weighted by molar-refractivity contribution is -0.274. The van der Waals surface area contributed by atoms with Crippen molar-refractivity contribution >= 4 is 34.8 Å². The van der Waals surface area contributed by atoms with E-state index in [2.05, 4.69) is 10.1 Å². The highest BCUT2D eigenvalue weighted by atomic mass is 35.5. The number of fused-ring (bicyclic) bond motifs is 4. The molecule has 0 saturated carbocycles. The molecular weight excluding hydrogens is 585 g/mol. The summed E-state index contributed by atoms with van der Waals surface area (Å²) in [5.41, 5.74) is 2.21. The van der Waals surface area contributed by atoms with Crippen molar-refractivity contribution in [1.82, 2.24) is 9.55 Å². The molecule has 0 radical (unpaired) electrons. The first-order valence-corrected chi connectivity index (χ1v) is 13.8. The average Bonchev–Trinajstić information content (AvgIpc) is 3.53. The monoisotopic (exact) mass is 610 g/mol. The molecule has 43 heavy (non-hydrogen) atoms. The molecular formula is C31H26ClF3N4O4. The molecule has 1 spiro atoms. The number of methoxy groups -OCH3 is 1. The smallest absolute Gasteiger partial charge is 0.496 e. The number of hydrogen-bond acceptors (Lipinski definition) is 5. The van der Waals surface area contributed by atoms with Crippen LogP contribution >= 0.6 is 11.6 Å². The van der Waals surface area contributed by atoms with E-state index in [1.165, 1.54) is 18.1 Å². The standard InChI is InChI=1S/C31H26ClF3N4O4/c1-15(2)38-26-25(37-27(38)20-10-9-19(14-24(20)42-5)43-31(33,34)35)28(40)39(23-13-18(32)8-7-17(23)4)30(26)21-11-6-16(3)12-22(21)36-29(30)41/h6-15H,1-5H3,(H,36,41). The number of nitrogens with one attached hydrogen (secondary N) is 1. The molecule has 0 aliphatic carbocycles. The minimum Gasteiger partial charge on any atom is -0.496 e. The molecule has 6 rings (SSSR count). The number of carbonyl (C=O) groups excluding carboxylic acids is 2. The van der Waals surface area contributed by atoms with E-state index in [0.29, 0.717) is 38.8 Å². The van der Waals surface area contributed by atoms with E-state index >= 15 is 0 Å². The summed E-state index contributed by atoms with van der Waals surface area (Å²) in [7, 11) is 1.31.